The lowest BCUT2D eigenvalue weighted by molar-refractivity contribution is 0.0854. The lowest BCUT2D eigenvalue weighted by Gasteiger charge is -2.15. The van der Waals surface area contributed by atoms with Crippen LogP contribution in [0, 0.1) is 0 Å². The molecule has 1 aliphatic rings. The molecule has 0 aromatic rings. The van der Waals surface area contributed by atoms with Crippen molar-refractivity contribution in [1.29, 1.82) is 0 Å². The minimum atomic E-state index is 0.343. The summed E-state index contributed by atoms with van der Waals surface area (Å²) in [5, 5.41) is 0. The van der Waals surface area contributed by atoms with Gasteiger partial charge in [0.1, 0.15) is 0 Å². The Hall–Kier alpha value is -0.120. The average Bonchev–Trinajstić information content (AvgIpc) is 2.33. The lowest BCUT2D eigenvalue weighted by Crippen LogP contribution is -2.41. The van der Waals surface area contributed by atoms with E-state index in [1.807, 2.05) is 0 Å². The van der Waals surface area contributed by atoms with Gasteiger partial charge in [0, 0.05) is 13.2 Å². The Morgan fingerprint density at radius 1 is 1.56 bits per heavy atom. The molecule has 1 aliphatic carbocycles. The predicted molar refractivity (Wildman–Crippen MR) is 35.8 cm³/mol. The fourth-order valence-electron chi connectivity index (χ4n) is 1.40. The van der Waals surface area contributed by atoms with Crippen molar-refractivity contribution in [3.8, 4) is 0 Å². The second-order valence-electron chi connectivity index (χ2n) is 2.48. The minimum Gasteiger partial charge on any atom is -0.380 e. The van der Waals surface area contributed by atoms with Crippen LogP contribution in [0.1, 0.15) is 19.3 Å². The van der Waals surface area contributed by atoms with Crippen molar-refractivity contribution in [1.82, 2.24) is 5.43 Å². The molecular formula is C6H14N2O. The topological polar surface area (TPSA) is 47.3 Å². The summed E-state index contributed by atoms with van der Waals surface area (Å²) >= 11 is 0. The van der Waals surface area contributed by atoms with Crippen molar-refractivity contribution in [2.45, 2.75) is 31.4 Å². The molecule has 3 N–H and O–H groups in total. The van der Waals surface area contributed by atoms with E-state index in [1.165, 1.54) is 6.42 Å². The molecule has 2 atom stereocenters. The van der Waals surface area contributed by atoms with Crippen LogP contribution in [0.2, 0.25) is 0 Å². The summed E-state index contributed by atoms with van der Waals surface area (Å²) in [5.41, 5.74) is 2.74. The Kier molecular flexibility index (Phi) is 2.45. The van der Waals surface area contributed by atoms with Crippen LogP contribution >= 0.6 is 0 Å². The summed E-state index contributed by atoms with van der Waals surface area (Å²) in [5.74, 6) is 5.27. The Balaban J connectivity index is 2.32. The summed E-state index contributed by atoms with van der Waals surface area (Å²) < 4.78 is 5.17. The van der Waals surface area contributed by atoms with E-state index in [1.54, 1.807) is 7.11 Å². The molecule has 1 fully saturated rings. The van der Waals surface area contributed by atoms with Gasteiger partial charge in [0.25, 0.3) is 0 Å². The van der Waals surface area contributed by atoms with Crippen molar-refractivity contribution in [3.63, 3.8) is 0 Å². The molecule has 3 heteroatoms. The van der Waals surface area contributed by atoms with Crippen LogP contribution in [-0.2, 0) is 4.74 Å². The second kappa shape index (κ2) is 3.15. The number of nitrogens with two attached hydrogens (primary N) is 1. The first-order valence-electron chi connectivity index (χ1n) is 3.37. The van der Waals surface area contributed by atoms with Crippen molar-refractivity contribution in [2.24, 2.45) is 5.84 Å². The maximum absolute atomic E-state index is 5.27. The van der Waals surface area contributed by atoms with E-state index in [2.05, 4.69) is 5.43 Å². The third kappa shape index (κ3) is 1.41. The standard InChI is InChI=1S/C6H14N2O/c1-9-6-4-2-3-5(6)8-7/h5-6,8H,2-4,7H2,1H3/t5-,6-/m0/s1. The molecule has 3 nitrogen and oxygen atoms in total. The molecule has 9 heavy (non-hydrogen) atoms. The zero-order valence-corrected chi connectivity index (χ0v) is 5.76. The minimum absolute atomic E-state index is 0.343. The molecule has 0 spiro atoms. The smallest absolute Gasteiger partial charge is 0.0737 e. The van der Waals surface area contributed by atoms with Crippen molar-refractivity contribution in [3.05, 3.63) is 0 Å². The second-order valence-corrected chi connectivity index (χ2v) is 2.48. The van der Waals surface area contributed by atoms with Crippen LogP contribution in [0.25, 0.3) is 0 Å². The molecule has 0 aliphatic heterocycles. The van der Waals surface area contributed by atoms with Gasteiger partial charge in [0.2, 0.25) is 0 Å². The average molecular weight is 130 g/mol. The summed E-state index contributed by atoms with van der Waals surface area (Å²) in [6.45, 7) is 0. The molecule has 1 saturated carbocycles. The van der Waals surface area contributed by atoms with Gasteiger partial charge in [-0.2, -0.15) is 0 Å². The van der Waals surface area contributed by atoms with Gasteiger partial charge in [-0.05, 0) is 19.3 Å². The van der Waals surface area contributed by atoms with Crippen LogP contribution in [0.3, 0.4) is 0 Å². The maximum Gasteiger partial charge on any atom is 0.0737 e. The highest BCUT2D eigenvalue weighted by atomic mass is 16.5. The highest BCUT2D eigenvalue weighted by Gasteiger charge is 2.25. The molecule has 54 valence electrons. The molecule has 0 heterocycles. The lowest BCUT2D eigenvalue weighted by atomic mass is 10.2. The van der Waals surface area contributed by atoms with Gasteiger partial charge in [-0.15, -0.1) is 0 Å². The van der Waals surface area contributed by atoms with Crippen LogP contribution in [-0.4, -0.2) is 19.3 Å². The summed E-state index contributed by atoms with van der Waals surface area (Å²) in [7, 11) is 1.74. The SMILES string of the molecule is CO[C@H]1CCC[C@@H]1NN. The molecule has 1 rings (SSSR count). The molecular weight excluding hydrogens is 116 g/mol. The van der Waals surface area contributed by atoms with Gasteiger partial charge in [-0.25, -0.2) is 0 Å². The van der Waals surface area contributed by atoms with Gasteiger partial charge in [0.15, 0.2) is 0 Å². The fourth-order valence-corrected chi connectivity index (χ4v) is 1.40. The molecule has 0 aromatic carbocycles. The van der Waals surface area contributed by atoms with Crippen LogP contribution < -0.4 is 11.3 Å². The third-order valence-corrected chi connectivity index (χ3v) is 1.97. The molecule has 0 saturated heterocycles. The quantitative estimate of drug-likeness (QED) is 0.409. The van der Waals surface area contributed by atoms with E-state index in [0.717, 1.165) is 12.8 Å². The number of hydrogen-bond acceptors (Lipinski definition) is 3. The van der Waals surface area contributed by atoms with Crippen molar-refractivity contribution < 1.29 is 4.74 Å². The normalized spacial score (nSPS) is 35.3. The van der Waals surface area contributed by atoms with E-state index in [0.29, 0.717) is 12.1 Å². The highest BCUT2D eigenvalue weighted by molar-refractivity contribution is 4.81. The Labute approximate surface area is 55.5 Å². The van der Waals surface area contributed by atoms with Gasteiger partial charge >= 0.3 is 0 Å². The van der Waals surface area contributed by atoms with Crippen molar-refractivity contribution in [2.75, 3.05) is 7.11 Å². The summed E-state index contributed by atoms with van der Waals surface area (Å²) in [6.07, 6.45) is 3.86. The monoisotopic (exact) mass is 130 g/mol. The van der Waals surface area contributed by atoms with Crippen LogP contribution in [0.5, 0.6) is 0 Å². The number of rotatable bonds is 2. The van der Waals surface area contributed by atoms with Crippen LogP contribution in [0.15, 0.2) is 0 Å². The largest absolute Gasteiger partial charge is 0.380 e. The van der Waals surface area contributed by atoms with Crippen LogP contribution in [0.4, 0.5) is 0 Å². The zero-order chi connectivity index (χ0) is 6.69. The summed E-state index contributed by atoms with van der Waals surface area (Å²) in [4.78, 5) is 0. The Bertz CT molecular complexity index is 77.1. The predicted octanol–water partition coefficient (Wildman–Crippen LogP) is 0.0172. The van der Waals surface area contributed by atoms with E-state index in [9.17, 15) is 0 Å². The molecule has 0 amide bonds. The first-order valence-corrected chi connectivity index (χ1v) is 3.37. The molecule has 0 unspecified atom stereocenters. The van der Waals surface area contributed by atoms with E-state index >= 15 is 0 Å². The number of hydrogen-bond donors (Lipinski definition) is 2. The van der Waals surface area contributed by atoms with E-state index in [-0.39, 0.29) is 0 Å². The third-order valence-electron chi connectivity index (χ3n) is 1.97. The first kappa shape index (κ1) is 6.99. The van der Waals surface area contributed by atoms with Gasteiger partial charge in [0.05, 0.1) is 6.10 Å². The van der Waals surface area contributed by atoms with Gasteiger partial charge in [-0.3, -0.25) is 11.3 Å². The highest BCUT2D eigenvalue weighted by Crippen LogP contribution is 2.20. The van der Waals surface area contributed by atoms with Gasteiger partial charge < -0.3 is 4.74 Å². The number of ether oxygens (including phenoxy) is 1. The molecule has 0 radical (unpaired) electrons. The number of hydrazine groups is 1. The Morgan fingerprint density at radius 3 is 2.78 bits per heavy atom. The maximum atomic E-state index is 5.27. The first-order chi connectivity index (χ1) is 4.38. The number of methoxy groups -OCH3 is 1. The van der Waals surface area contributed by atoms with E-state index in [4.69, 9.17) is 10.6 Å². The molecule has 0 aromatic heterocycles. The van der Waals surface area contributed by atoms with Crippen molar-refractivity contribution >= 4 is 0 Å². The molecule has 0 bridgehead atoms. The van der Waals surface area contributed by atoms with E-state index < -0.39 is 0 Å². The summed E-state index contributed by atoms with van der Waals surface area (Å²) in [6, 6.07) is 0.384. The number of nitrogens with one attached hydrogen (secondary N) is 1. The zero-order valence-electron chi connectivity index (χ0n) is 5.76. The fraction of sp³-hybridized carbons (Fsp3) is 1.00. The van der Waals surface area contributed by atoms with Gasteiger partial charge in [-0.1, -0.05) is 0 Å². The Morgan fingerprint density at radius 2 is 2.33 bits per heavy atom.